The van der Waals surface area contributed by atoms with Crippen molar-refractivity contribution in [3.8, 4) is 17.2 Å². The molecule has 0 atom stereocenters. The van der Waals surface area contributed by atoms with E-state index in [0.29, 0.717) is 29.8 Å². The molecule has 0 fully saturated rings. The number of hydrogen-bond donors (Lipinski definition) is 1. The van der Waals surface area contributed by atoms with Crippen LogP contribution in [-0.2, 0) is 6.61 Å². The number of aliphatic hydroxyl groups is 1. The number of hydrogen-bond acceptors (Lipinski definition) is 4. The Morgan fingerprint density at radius 3 is 2.06 bits per heavy atom. The standard InChI is InChI=1S/C14H22O4/c1-10(2)5-6-18-14-12(16-3)7-11(9-15)8-13(14)17-4/h7-8,10,15H,5-6,9H2,1-4H3. The van der Waals surface area contributed by atoms with Crippen molar-refractivity contribution >= 4 is 0 Å². The van der Waals surface area contributed by atoms with Crippen molar-refractivity contribution in [2.75, 3.05) is 20.8 Å². The average molecular weight is 254 g/mol. The van der Waals surface area contributed by atoms with Gasteiger partial charge in [0.25, 0.3) is 0 Å². The first-order valence-electron chi connectivity index (χ1n) is 6.10. The predicted molar refractivity (Wildman–Crippen MR) is 70.4 cm³/mol. The van der Waals surface area contributed by atoms with Gasteiger partial charge in [0, 0.05) is 0 Å². The molecule has 0 aliphatic rings. The second-order valence-corrected chi connectivity index (χ2v) is 4.52. The SMILES string of the molecule is COc1cc(CO)cc(OC)c1OCCC(C)C. The third-order valence-corrected chi connectivity index (χ3v) is 2.64. The fourth-order valence-electron chi connectivity index (χ4n) is 1.56. The van der Waals surface area contributed by atoms with Crippen LogP contribution in [0.3, 0.4) is 0 Å². The van der Waals surface area contributed by atoms with Gasteiger partial charge in [-0.15, -0.1) is 0 Å². The smallest absolute Gasteiger partial charge is 0.203 e. The molecule has 0 radical (unpaired) electrons. The van der Waals surface area contributed by atoms with Gasteiger partial charge in [-0.05, 0) is 30.0 Å². The largest absolute Gasteiger partial charge is 0.493 e. The minimum absolute atomic E-state index is 0.0566. The van der Waals surface area contributed by atoms with Crippen LogP contribution in [0.1, 0.15) is 25.8 Å². The fraction of sp³-hybridized carbons (Fsp3) is 0.571. The molecule has 0 unspecified atom stereocenters. The summed E-state index contributed by atoms with van der Waals surface area (Å²) in [7, 11) is 3.15. The van der Waals surface area contributed by atoms with E-state index in [2.05, 4.69) is 13.8 Å². The van der Waals surface area contributed by atoms with Gasteiger partial charge >= 0.3 is 0 Å². The number of rotatable bonds is 7. The zero-order chi connectivity index (χ0) is 13.5. The summed E-state index contributed by atoms with van der Waals surface area (Å²) in [5, 5.41) is 9.17. The fourth-order valence-corrected chi connectivity index (χ4v) is 1.56. The summed E-state index contributed by atoms with van der Waals surface area (Å²) in [4.78, 5) is 0. The quantitative estimate of drug-likeness (QED) is 0.812. The van der Waals surface area contributed by atoms with E-state index in [1.54, 1.807) is 26.4 Å². The molecule has 1 rings (SSSR count). The summed E-state index contributed by atoms with van der Waals surface area (Å²) in [5.41, 5.74) is 0.736. The normalized spacial score (nSPS) is 10.6. The lowest BCUT2D eigenvalue weighted by molar-refractivity contribution is 0.254. The zero-order valence-electron chi connectivity index (χ0n) is 11.5. The van der Waals surface area contributed by atoms with E-state index >= 15 is 0 Å². The van der Waals surface area contributed by atoms with Gasteiger partial charge in [0.05, 0.1) is 27.4 Å². The molecule has 4 nitrogen and oxygen atoms in total. The Morgan fingerprint density at radius 2 is 1.67 bits per heavy atom. The molecule has 0 saturated carbocycles. The summed E-state index contributed by atoms with van der Waals surface area (Å²) in [6, 6.07) is 3.51. The van der Waals surface area contributed by atoms with Crippen molar-refractivity contribution in [2.24, 2.45) is 5.92 Å². The van der Waals surface area contributed by atoms with Gasteiger partial charge in [-0.1, -0.05) is 13.8 Å². The molecule has 0 aliphatic carbocycles. The summed E-state index contributed by atoms with van der Waals surface area (Å²) < 4.78 is 16.3. The van der Waals surface area contributed by atoms with Gasteiger partial charge in [-0.2, -0.15) is 0 Å². The molecule has 0 aromatic heterocycles. The molecule has 0 saturated heterocycles. The van der Waals surface area contributed by atoms with E-state index in [-0.39, 0.29) is 6.61 Å². The number of aliphatic hydroxyl groups excluding tert-OH is 1. The molecule has 0 amide bonds. The van der Waals surface area contributed by atoms with E-state index in [0.717, 1.165) is 12.0 Å². The lowest BCUT2D eigenvalue weighted by atomic mass is 10.1. The summed E-state index contributed by atoms with van der Waals surface area (Å²) in [6.45, 7) is 4.85. The van der Waals surface area contributed by atoms with E-state index in [1.165, 1.54) is 0 Å². The first kappa shape index (κ1) is 14.6. The minimum Gasteiger partial charge on any atom is -0.493 e. The van der Waals surface area contributed by atoms with Crippen molar-refractivity contribution in [3.63, 3.8) is 0 Å². The van der Waals surface area contributed by atoms with Crippen LogP contribution in [0.5, 0.6) is 17.2 Å². The minimum atomic E-state index is -0.0566. The molecule has 4 heteroatoms. The van der Waals surface area contributed by atoms with Crippen molar-refractivity contribution in [1.29, 1.82) is 0 Å². The first-order chi connectivity index (χ1) is 8.62. The molecule has 18 heavy (non-hydrogen) atoms. The van der Waals surface area contributed by atoms with Crippen molar-refractivity contribution in [1.82, 2.24) is 0 Å². The number of ether oxygens (including phenoxy) is 3. The third-order valence-electron chi connectivity index (χ3n) is 2.64. The Labute approximate surface area is 108 Å². The van der Waals surface area contributed by atoms with Crippen molar-refractivity contribution < 1.29 is 19.3 Å². The number of methoxy groups -OCH3 is 2. The molecule has 1 aromatic carbocycles. The highest BCUT2D eigenvalue weighted by Crippen LogP contribution is 2.38. The highest BCUT2D eigenvalue weighted by atomic mass is 16.5. The van der Waals surface area contributed by atoms with Crippen molar-refractivity contribution in [3.05, 3.63) is 17.7 Å². The van der Waals surface area contributed by atoms with E-state index in [1.807, 2.05) is 0 Å². The summed E-state index contributed by atoms with van der Waals surface area (Å²) >= 11 is 0. The lowest BCUT2D eigenvalue weighted by Crippen LogP contribution is -2.04. The van der Waals surface area contributed by atoms with Crippen LogP contribution in [0.2, 0.25) is 0 Å². The molecule has 0 spiro atoms. The van der Waals surface area contributed by atoms with Gasteiger partial charge in [0.2, 0.25) is 5.75 Å². The molecule has 0 heterocycles. The lowest BCUT2D eigenvalue weighted by Gasteiger charge is -2.16. The Morgan fingerprint density at radius 1 is 1.11 bits per heavy atom. The Balaban J connectivity index is 2.92. The topological polar surface area (TPSA) is 47.9 Å². The van der Waals surface area contributed by atoms with Gasteiger partial charge in [0.1, 0.15) is 0 Å². The molecule has 1 N–H and O–H groups in total. The van der Waals surface area contributed by atoms with Crippen molar-refractivity contribution in [2.45, 2.75) is 26.9 Å². The highest BCUT2D eigenvalue weighted by molar-refractivity contribution is 5.53. The van der Waals surface area contributed by atoms with Crippen LogP contribution < -0.4 is 14.2 Å². The van der Waals surface area contributed by atoms with Crippen LogP contribution in [0, 0.1) is 5.92 Å². The Hall–Kier alpha value is -1.42. The average Bonchev–Trinajstić information content (AvgIpc) is 2.37. The molecular formula is C14H22O4. The van der Waals surface area contributed by atoms with E-state index in [9.17, 15) is 0 Å². The molecular weight excluding hydrogens is 232 g/mol. The second-order valence-electron chi connectivity index (χ2n) is 4.52. The van der Waals surface area contributed by atoms with Gasteiger partial charge < -0.3 is 19.3 Å². The van der Waals surface area contributed by atoms with Gasteiger partial charge in [-0.3, -0.25) is 0 Å². The highest BCUT2D eigenvalue weighted by Gasteiger charge is 2.14. The maximum absolute atomic E-state index is 9.17. The monoisotopic (exact) mass is 254 g/mol. The second kappa shape index (κ2) is 7.11. The Kier molecular flexibility index (Phi) is 5.78. The maximum Gasteiger partial charge on any atom is 0.203 e. The summed E-state index contributed by atoms with van der Waals surface area (Å²) in [6.07, 6.45) is 0.966. The third kappa shape index (κ3) is 3.81. The first-order valence-corrected chi connectivity index (χ1v) is 6.10. The zero-order valence-corrected chi connectivity index (χ0v) is 11.5. The molecule has 1 aromatic rings. The Bertz CT molecular complexity index is 349. The van der Waals surface area contributed by atoms with E-state index in [4.69, 9.17) is 19.3 Å². The van der Waals surface area contributed by atoms with Crippen LogP contribution >= 0.6 is 0 Å². The van der Waals surface area contributed by atoms with Crippen LogP contribution in [-0.4, -0.2) is 25.9 Å². The molecule has 102 valence electrons. The molecule has 0 aliphatic heterocycles. The van der Waals surface area contributed by atoms with E-state index < -0.39 is 0 Å². The van der Waals surface area contributed by atoms with Crippen LogP contribution in [0.4, 0.5) is 0 Å². The van der Waals surface area contributed by atoms with Crippen LogP contribution in [0.15, 0.2) is 12.1 Å². The van der Waals surface area contributed by atoms with Gasteiger partial charge in [0.15, 0.2) is 11.5 Å². The van der Waals surface area contributed by atoms with Gasteiger partial charge in [-0.25, -0.2) is 0 Å². The predicted octanol–water partition coefficient (Wildman–Crippen LogP) is 2.62. The maximum atomic E-state index is 9.17. The van der Waals surface area contributed by atoms with Crippen LogP contribution in [0.25, 0.3) is 0 Å². The summed E-state index contributed by atoms with van der Waals surface area (Å²) in [5.74, 6) is 2.35. The number of benzene rings is 1. The molecule has 0 bridgehead atoms.